The van der Waals surface area contributed by atoms with Crippen molar-refractivity contribution in [3.8, 4) is 0 Å². The molecule has 2 aromatic heterocycles. The maximum atomic E-state index is 13.5. The molecule has 6 rings (SSSR count). The molecule has 1 aromatic carbocycles. The third-order valence-corrected chi connectivity index (χ3v) is 8.27. The van der Waals surface area contributed by atoms with Crippen LogP contribution < -0.4 is 5.32 Å². The van der Waals surface area contributed by atoms with E-state index in [-0.39, 0.29) is 41.8 Å². The lowest BCUT2D eigenvalue weighted by Crippen LogP contribution is -2.67. The van der Waals surface area contributed by atoms with Gasteiger partial charge in [-0.15, -0.1) is 0 Å². The third kappa shape index (κ3) is 3.39. The zero-order chi connectivity index (χ0) is 25.5. The summed E-state index contributed by atoms with van der Waals surface area (Å²) in [7, 11) is 3.58. The highest BCUT2D eigenvalue weighted by Gasteiger charge is 2.64. The van der Waals surface area contributed by atoms with E-state index >= 15 is 0 Å². The van der Waals surface area contributed by atoms with Crippen molar-refractivity contribution in [3.63, 3.8) is 0 Å². The molecule has 8 nitrogen and oxygen atoms in total. The quantitative estimate of drug-likeness (QED) is 0.588. The molecule has 3 amide bonds. The molecule has 1 N–H and O–H groups in total. The van der Waals surface area contributed by atoms with Gasteiger partial charge in [0.1, 0.15) is 11.2 Å². The van der Waals surface area contributed by atoms with E-state index in [9.17, 15) is 22.8 Å². The summed E-state index contributed by atoms with van der Waals surface area (Å²) in [5.74, 6) is -0.0425. The van der Waals surface area contributed by atoms with Crippen LogP contribution in [0.3, 0.4) is 0 Å². The number of anilines is 1. The lowest BCUT2D eigenvalue weighted by Gasteiger charge is -2.60. The van der Waals surface area contributed by atoms with Crippen LogP contribution in [0.2, 0.25) is 0 Å². The standard InChI is InChI=1S/C25H27F3N6O2/c1-31-8-9-34-20(31)19(13-29-34)21(35)33-14-23(15-33)11-18(12-23)32(2)22(36)30-17-5-3-4-16(10-17)24(6-7-24)25(26,27)28/h3-5,8-10,13,18H,6-7,11-12,14-15H2,1-2H3,(H,30,36). The van der Waals surface area contributed by atoms with Gasteiger partial charge in [0.25, 0.3) is 5.91 Å². The topological polar surface area (TPSA) is 74.9 Å². The number of likely N-dealkylation sites (tertiary alicyclic amines) is 1. The molecule has 190 valence electrons. The van der Waals surface area contributed by atoms with Gasteiger partial charge in [-0.3, -0.25) is 4.79 Å². The van der Waals surface area contributed by atoms with Crippen LogP contribution in [0.4, 0.5) is 23.7 Å². The number of nitrogens with zero attached hydrogens (tertiary/aromatic N) is 5. The predicted octanol–water partition coefficient (Wildman–Crippen LogP) is 4.04. The van der Waals surface area contributed by atoms with E-state index in [1.807, 2.05) is 22.7 Å². The molecule has 0 atom stereocenters. The minimum absolute atomic E-state index is 0.0142. The average Bonchev–Trinajstić information content (AvgIpc) is 3.38. The number of hydrogen-bond acceptors (Lipinski definition) is 3. The number of nitrogens with one attached hydrogen (secondary N) is 1. The number of aryl methyl sites for hydroxylation is 1. The number of hydrogen-bond donors (Lipinski definition) is 1. The van der Waals surface area contributed by atoms with E-state index in [2.05, 4.69) is 10.4 Å². The van der Waals surface area contributed by atoms with Crippen molar-refractivity contribution in [2.45, 2.75) is 43.3 Å². The highest BCUT2D eigenvalue weighted by molar-refractivity contribution is 6.00. The first-order valence-electron chi connectivity index (χ1n) is 12.0. The molecule has 0 bridgehead atoms. The Hall–Kier alpha value is -3.50. The van der Waals surface area contributed by atoms with Crippen LogP contribution in [-0.4, -0.2) is 68.3 Å². The largest absolute Gasteiger partial charge is 0.398 e. The first-order chi connectivity index (χ1) is 17.0. The van der Waals surface area contributed by atoms with Crippen LogP contribution >= 0.6 is 0 Å². The van der Waals surface area contributed by atoms with E-state index in [0.717, 1.165) is 18.5 Å². The van der Waals surface area contributed by atoms with Gasteiger partial charge < -0.3 is 19.7 Å². The summed E-state index contributed by atoms with van der Waals surface area (Å²) in [6.07, 6.45) is 2.68. The Balaban J connectivity index is 1.04. The molecular formula is C25H27F3N6O2. The summed E-state index contributed by atoms with van der Waals surface area (Å²) in [6, 6.07) is 5.75. The fourth-order valence-electron chi connectivity index (χ4n) is 5.88. The van der Waals surface area contributed by atoms with Crippen LogP contribution in [0.25, 0.3) is 5.65 Å². The van der Waals surface area contributed by atoms with E-state index < -0.39 is 11.6 Å². The number of rotatable bonds is 4. The van der Waals surface area contributed by atoms with Crippen LogP contribution in [0.15, 0.2) is 42.9 Å². The van der Waals surface area contributed by atoms with Gasteiger partial charge >= 0.3 is 12.2 Å². The molecule has 3 aromatic rings. The smallest absolute Gasteiger partial charge is 0.337 e. The molecule has 3 heterocycles. The Morgan fingerprint density at radius 2 is 1.89 bits per heavy atom. The molecule has 3 fully saturated rings. The number of alkyl halides is 3. The Morgan fingerprint density at radius 1 is 1.17 bits per heavy atom. The number of urea groups is 1. The zero-order valence-corrected chi connectivity index (χ0v) is 20.0. The monoisotopic (exact) mass is 500 g/mol. The summed E-state index contributed by atoms with van der Waals surface area (Å²) < 4.78 is 44.0. The fraction of sp³-hybridized carbons (Fsp3) is 0.480. The molecule has 1 aliphatic heterocycles. The molecule has 2 aliphatic carbocycles. The SMILES string of the molecule is CN(C(=O)Nc1cccc(C2(C(F)(F)F)CC2)c1)C1CC2(C1)CN(C(=O)c1cnn3ccn(C)c13)C2. The minimum Gasteiger partial charge on any atom is -0.337 e. The lowest BCUT2D eigenvalue weighted by molar-refractivity contribution is -0.160. The van der Waals surface area contributed by atoms with Crippen LogP contribution in [0.1, 0.15) is 41.6 Å². The normalized spacial score (nSPS) is 20.2. The van der Waals surface area contributed by atoms with Crippen LogP contribution in [0, 0.1) is 5.41 Å². The van der Waals surface area contributed by atoms with Gasteiger partial charge in [0, 0.05) is 56.7 Å². The Kier molecular flexibility index (Phi) is 4.78. The van der Waals surface area contributed by atoms with E-state index in [1.54, 1.807) is 41.0 Å². The third-order valence-electron chi connectivity index (χ3n) is 8.27. The van der Waals surface area contributed by atoms with Gasteiger partial charge in [-0.05, 0) is 43.4 Å². The summed E-state index contributed by atoms with van der Waals surface area (Å²) >= 11 is 0. The molecule has 1 spiro atoms. The number of benzene rings is 1. The van der Waals surface area contributed by atoms with Crippen molar-refractivity contribution in [2.75, 3.05) is 25.5 Å². The van der Waals surface area contributed by atoms with E-state index in [1.165, 1.54) is 12.1 Å². The average molecular weight is 501 g/mol. The van der Waals surface area contributed by atoms with Gasteiger partial charge in [-0.25, -0.2) is 9.31 Å². The summed E-state index contributed by atoms with van der Waals surface area (Å²) in [5, 5.41) is 6.99. The van der Waals surface area contributed by atoms with Crippen molar-refractivity contribution >= 4 is 23.3 Å². The fourth-order valence-corrected chi connectivity index (χ4v) is 5.88. The molecule has 3 aliphatic rings. The first kappa shape index (κ1) is 22.9. The van der Waals surface area contributed by atoms with Gasteiger partial charge in [0.15, 0.2) is 0 Å². The maximum absolute atomic E-state index is 13.5. The highest BCUT2D eigenvalue weighted by atomic mass is 19.4. The van der Waals surface area contributed by atoms with Crippen molar-refractivity contribution in [2.24, 2.45) is 12.5 Å². The zero-order valence-electron chi connectivity index (χ0n) is 20.0. The second kappa shape index (κ2) is 7.50. The number of imidazole rings is 1. The number of fused-ring (bicyclic) bond motifs is 1. The summed E-state index contributed by atoms with van der Waals surface area (Å²) in [4.78, 5) is 29.2. The van der Waals surface area contributed by atoms with Crippen molar-refractivity contribution < 1.29 is 22.8 Å². The van der Waals surface area contributed by atoms with Crippen molar-refractivity contribution in [3.05, 3.63) is 54.0 Å². The molecule has 0 unspecified atom stereocenters. The molecule has 0 radical (unpaired) electrons. The predicted molar refractivity (Wildman–Crippen MR) is 126 cm³/mol. The van der Waals surface area contributed by atoms with E-state index in [4.69, 9.17) is 0 Å². The molecule has 11 heteroatoms. The van der Waals surface area contributed by atoms with Crippen LogP contribution in [0.5, 0.6) is 0 Å². The second-order valence-corrected chi connectivity index (χ2v) is 10.7. The van der Waals surface area contributed by atoms with Gasteiger partial charge in [0.05, 0.1) is 11.6 Å². The van der Waals surface area contributed by atoms with Gasteiger partial charge in [-0.2, -0.15) is 18.3 Å². The van der Waals surface area contributed by atoms with Crippen LogP contribution in [-0.2, 0) is 12.5 Å². The number of amides is 3. The second-order valence-electron chi connectivity index (χ2n) is 10.7. The van der Waals surface area contributed by atoms with E-state index in [0.29, 0.717) is 24.3 Å². The Morgan fingerprint density at radius 3 is 2.56 bits per heavy atom. The van der Waals surface area contributed by atoms with Crippen molar-refractivity contribution in [1.29, 1.82) is 0 Å². The molecule has 2 saturated carbocycles. The number of carbonyl (C=O) groups is 2. The summed E-state index contributed by atoms with van der Waals surface area (Å²) in [5.41, 5.74) is 0.128. The maximum Gasteiger partial charge on any atom is 0.398 e. The first-order valence-corrected chi connectivity index (χ1v) is 12.0. The minimum atomic E-state index is -4.30. The molecular weight excluding hydrogens is 473 g/mol. The Bertz CT molecular complexity index is 1360. The lowest BCUT2D eigenvalue weighted by atomic mass is 9.60. The highest BCUT2D eigenvalue weighted by Crippen LogP contribution is 2.59. The molecule has 1 saturated heterocycles. The molecule has 36 heavy (non-hydrogen) atoms. The number of halogens is 3. The van der Waals surface area contributed by atoms with Crippen molar-refractivity contribution in [1.82, 2.24) is 24.0 Å². The number of carbonyl (C=O) groups excluding carboxylic acids is 2. The summed E-state index contributed by atoms with van der Waals surface area (Å²) in [6.45, 7) is 1.28. The van der Waals surface area contributed by atoms with Gasteiger partial charge in [-0.1, -0.05) is 12.1 Å². The Labute approximate surface area is 205 Å². The number of aromatic nitrogens is 3. The van der Waals surface area contributed by atoms with Gasteiger partial charge in [0.2, 0.25) is 0 Å².